The lowest BCUT2D eigenvalue weighted by Gasteiger charge is -2.01. The summed E-state index contributed by atoms with van der Waals surface area (Å²) in [4.78, 5) is 15.5. The summed E-state index contributed by atoms with van der Waals surface area (Å²) < 4.78 is 7.17. The lowest BCUT2D eigenvalue weighted by Crippen LogP contribution is -1.99. The van der Waals surface area contributed by atoms with Gasteiger partial charge in [-0.2, -0.15) is 0 Å². The minimum absolute atomic E-state index is 0.365. The Hall–Kier alpha value is -1.62. The van der Waals surface area contributed by atoms with E-state index < -0.39 is 0 Å². The SMILES string of the molecule is COC(=O)c1cc(Br)n(-c2ccccn2)c1. The molecule has 0 spiro atoms. The number of carbonyl (C=O) groups is 1. The molecule has 0 atom stereocenters. The zero-order valence-corrected chi connectivity index (χ0v) is 10.1. The molecular formula is C11H9BrN2O2. The third-order valence-electron chi connectivity index (χ3n) is 2.09. The van der Waals surface area contributed by atoms with Crippen LogP contribution in [0.4, 0.5) is 0 Å². The van der Waals surface area contributed by atoms with E-state index in [2.05, 4.69) is 25.7 Å². The van der Waals surface area contributed by atoms with Crippen LogP contribution in [0.25, 0.3) is 5.82 Å². The molecule has 2 rings (SSSR count). The van der Waals surface area contributed by atoms with Crippen LogP contribution in [0.3, 0.4) is 0 Å². The molecule has 16 heavy (non-hydrogen) atoms. The Morgan fingerprint density at radius 1 is 1.50 bits per heavy atom. The van der Waals surface area contributed by atoms with Crippen LogP contribution in [-0.2, 0) is 4.74 Å². The van der Waals surface area contributed by atoms with E-state index in [1.54, 1.807) is 23.0 Å². The Labute approximate surface area is 101 Å². The predicted octanol–water partition coefficient (Wildman–Crippen LogP) is 2.42. The van der Waals surface area contributed by atoms with Crippen LogP contribution in [0.15, 0.2) is 41.3 Å². The fourth-order valence-corrected chi connectivity index (χ4v) is 1.87. The number of hydrogen-bond acceptors (Lipinski definition) is 3. The van der Waals surface area contributed by atoms with Gasteiger partial charge in [0.2, 0.25) is 0 Å². The van der Waals surface area contributed by atoms with Crippen molar-refractivity contribution in [2.45, 2.75) is 0 Å². The highest BCUT2D eigenvalue weighted by Gasteiger charge is 2.12. The van der Waals surface area contributed by atoms with Gasteiger partial charge in [0, 0.05) is 12.4 Å². The van der Waals surface area contributed by atoms with Crippen LogP contribution in [0.2, 0.25) is 0 Å². The fraction of sp³-hybridized carbons (Fsp3) is 0.0909. The summed E-state index contributed by atoms with van der Waals surface area (Å²) in [6.45, 7) is 0. The Balaban J connectivity index is 2.44. The maximum Gasteiger partial charge on any atom is 0.339 e. The van der Waals surface area contributed by atoms with Gasteiger partial charge in [0.25, 0.3) is 0 Å². The van der Waals surface area contributed by atoms with Gasteiger partial charge in [0.15, 0.2) is 0 Å². The van der Waals surface area contributed by atoms with Gasteiger partial charge < -0.3 is 4.74 Å². The van der Waals surface area contributed by atoms with Crippen LogP contribution in [0, 0.1) is 0 Å². The molecule has 82 valence electrons. The minimum atomic E-state index is -0.365. The highest BCUT2D eigenvalue weighted by Crippen LogP contribution is 2.19. The van der Waals surface area contributed by atoms with Crippen LogP contribution >= 0.6 is 15.9 Å². The van der Waals surface area contributed by atoms with Gasteiger partial charge in [-0.1, -0.05) is 6.07 Å². The van der Waals surface area contributed by atoms with Crippen LogP contribution < -0.4 is 0 Å². The first-order chi connectivity index (χ1) is 7.72. The molecule has 0 aliphatic carbocycles. The second kappa shape index (κ2) is 4.49. The molecule has 0 saturated carbocycles. The minimum Gasteiger partial charge on any atom is -0.465 e. The van der Waals surface area contributed by atoms with Crippen molar-refractivity contribution in [1.29, 1.82) is 0 Å². The molecule has 5 heteroatoms. The zero-order chi connectivity index (χ0) is 11.5. The lowest BCUT2D eigenvalue weighted by molar-refractivity contribution is 0.0601. The van der Waals surface area contributed by atoms with Crippen molar-refractivity contribution in [2.24, 2.45) is 0 Å². The first-order valence-corrected chi connectivity index (χ1v) is 5.39. The second-order valence-electron chi connectivity index (χ2n) is 3.10. The number of nitrogens with zero attached hydrogens (tertiary/aromatic N) is 2. The van der Waals surface area contributed by atoms with Crippen LogP contribution in [0.5, 0.6) is 0 Å². The Morgan fingerprint density at radius 3 is 2.94 bits per heavy atom. The highest BCUT2D eigenvalue weighted by molar-refractivity contribution is 9.10. The molecule has 0 saturated heterocycles. The van der Waals surface area contributed by atoms with E-state index in [4.69, 9.17) is 0 Å². The van der Waals surface area contributed by atoms with Gasteiger partial charge in [-0.25, -0.2) is 9.78 Å². The molecule has 0 amide bonds. The van der Waals surface area contributed by atoms with Crippen LogP contribution in [0.1, 0.15) is 10.4 Å². The largest absolute Gasteiger partial charge is 0.465 e. The van der Waals surface area contributed by atoms with Gasteiger partial charge in [-0.3, -0.25) is 4.57 Å². The number of methoxy groups -OCH3 is 1. The second-order valence-corrected chi connectivity index (χ2v) is 3.91. The van der Waals surface area contributed by atoms with Gasteiger partial charge in [-0.05, 0) is 34.1 Å². The number of halogens is 1. The number of hydrogen-bond donors (Lipinski definition) is 0. The molecule has 0 radical (unpaired) electrons. The first kappa shape index (κ1) is 10.9. The molecule has 0 aliphatic rings. The molecule has 0 unspecified atom stereocenters. The smallest absolute Gasteiger partial charge is 0.339 e. The summed E-state index contributed by atoms with van der Waals surface area (Å²) in [6, 6.07) is 7.26. The molecule has 2 aromatic rings. The van der Waals surface area contributed by atoms with Crippen molar-refractivity contribution in [3.05, 3.63) is 46.8 Å². The normalized spacial score (nSPS) is 10.1. The van der Waals surface area contributed by atoms with Crippen molar-refractivity contribution in [1.82, 2.24) is 9.55 Å². The molecule has 2 heterocycles. The monoisotopic (exact) mass is 280 g/mol. The molecule has 0 aliphatic heterocycles. The highest BCUT2D eigenvalue weighted by atomic mass is 79.9. The van der Waals surface area contributed by atoms with E-state index in [1.807, 2.05) is 18.2 Å². The van der Waals surface area contributed by atoms with E-state index in [0.29, 0.717) is 5.56 Å². The first-order valence-electron chi connectivity index (χ1n) is 4.60. The Bertz CT molecular complexity index is 508. The third kappa shape index (κ3) is 1.99. The topological polar surface area (TPSA) is 44.1 Å². The lowest BCUT2D eigenvalue weighted by atomic mass is 10.3. The molecule has 0 N–H and O–H groups in total. The Kier molecular flexibility index (Phi) is 3.05. The van der Waals surface area contributed by atoms with Gasteiger partial charge in [-0.15, -0.1) is 0 Å². The zero-order valence-electron chi connectivity index (χ0n) is 8.55. The van der Waals surface area contributed by atoms with E-state index in [-0.39, 0.29) is 5.97 Å². The molecule has 0 aromatic carbocycles. The Morgan fingerprint density at radius 2 is 2.31 bits per heavy atom. The average molecular weight is 281 g/mol. The van der Waals surface area contributed by atoms with Crippen molar-refractivity contribution in [3.63, 3.8) is 0 Å². The molecule has 0 fully saturated rings. The standard InChI is InChI=1S/C11H9BrN2O2/c1-16-11(15)8-6-9(12)14(7-8)10-4-2-3-5-13-10/h2-7H,1H3. The summed E-state index contributed by atoms with van der Waals surface area (Å²) >= 11 is 3.37. The predicted molar refractivity (Wildman–Crippen MR) is 62.6 cm³/mol. The van der Waals surface area contributed by atoms with Gasteiger partial charge >= 0.3 is 5.97 Å². The maximum atomic E-state index is 11.3. The van der Waals surface area contributed by atoms with Crippen LogP contribution in [-0.4, -0.2) is 22.6 Å². The summed E-state index contributed by atoms with van der Waals surface area (Å²) in [5, 5.41) is 0. The van der Waals surface area contributed by atoms with E-state index in [9.17, 15) is 4.79 Å². The van der Waals surface area contributed by atoms with Gasteiger partial charge in [0.05, 0.1) is 17.3 Å². The number of ether oxygens (including phenoxy) is 1. The molecule has 2 aromatic heterocycles. The van der Waals surface area contributed by atoms with Gasteiger partial charge in [0.1, 0.15) is 5.82 Å². The number of aromatic nitrogens is 2. The number of esters is 1. The van der Waals surface area contributed by atoms with Crippen molar-refractivity contribution < 1.29 is 9.53 Å². The van der Waals surface area contributed by atoms with Crippen molar-refractivity contribution >= 4 is 21.9 Å². The number of rotatable bonds is 2. The van der Waals surface area contributed by atoms with E-state index in [0.717, 1.165) is 10.4 Å². The van der Waals surface area contributed by atoms with E-state index >= 15 is 0 Å². The number of carbonyl (C=O) groups excluding carboxylic acids is 1. The fourth-order valence-electron chi connectivity index (χ4n) is 1.34. The maximum absolute atomic E-state index is 11.3. The average Bonchev–Trinajstić information content (AvgIpc) is 2.71. The molecule has 4 nitrogen and oxygen atoms in total. The van der Waals surface area contributed by atoms with Crippen molar-refractivity contribution in [3.8, 4) is 5.82 Å². The summed E-state index contributed by atoms with van der Waals surface area (Å²) in [7, 11) is 1.36. The summed E-state index contributed by atoms with van der Waals surface area (Å²) in [5.74, 6) is 0.375. The summed E-state index contributed by atoms with van der Waals surface area (Å²) in [5.41, 5.74) is 0.486. The quantitative estimate of drug-likeness (QED) is 0.794. The number of pyridine rings is 1. The molecule has 0 bridgehead atoms. The third-order valence-corrected chi connectivity index (χ3v) is 2.70. The summed E-state index contributed by atoms with van der Waals surface area (Å²) in [6.07, 6.45) is 3.37. The van der Waals surface area contributed by atoms with E-state index in [1.165, 1.54) is 7.11 Å². The molecular weight excluding hydrogens is 272 g/mol. The van der Waals surface area contributed by atoms with Crippen molar-refractivity contribution in [2.75, 3.05) is 7.11 Å².